The van der Waals surface area contributed by atoms with Crippen molar-refractivity contribution < 1.29 is 13.9 Å². The molecule has 2 heterocycles. The van der Waals surface area contributed by atoms with Gasteiger partial charge in [0.05, 0.1) is 12.8 Å². The molecule has 3 rings (SSSR count). The molecule has 22 heavy (non-hydrogen) atoms. The first-order chi connectivity index (χ1) is 10.6. The molecule has 1 aromatic carbocycles. The van der Waals surface area contributed by atoms with Crippen LogP contribution in [0.4, 0.5) is 0 Å². The van der Waals surface area contributed by atoms with Gasteiger partial charge in [0.15, 0.2) is 11.8 Å². The summed E-state index contributed by atoms with van der Waals surface area (Å²) in [6, 6.07) is 10.1. The van der Waals surface area contributed by atoms with Gasteiger partial charge in [0, 0.05) is 10.7 Å². The van der Waals surface area contributed by atoms with Crippen molar-refractivity contribution >= 4 is 29.2 Å². The average molecular weight is 317 g/mol. The molecule has 0 spiro atoms. The van der Waals surface area contributed by atoms with E-state index in [1.165, 1.54) is 6.26 Å². The van der Waals surface area contributed by atoms with E-state index in [1.54, 1.807) is 31.2 Å². The fraction of sp³-hybridized carbons (Fsp3) is 0.188. The summed E-state index contributed by atoms with van der Waals surface area (Å²) in [7, 11) is 0. The number of carbonyl (C=O) groups excluding carboxylic acids is 1. The van der Waals surface area contributed by atoms with E-state index >= 15 is 0 Å². The average Bonchev–Trinajstić information content (AvgIpc) is 3.15. The largest absolute Gasteiger partial charge is 0.459 e. The zero-order valence-corrected chi connectivity index (χ0v) is 12.6. The third-order valence-electron chi connectivity index (χ3n) is 3.22. The summed E-state index contributed by atoms with van der Waals surface area (Å²) < 4.78 is 10.3. The van der Waals surface area contributed by atoms with Crippen LogP contribution >= 0.6 is 11.6 Å². The molecule has 2 aromatic rings. The highest BCUT2D eigenvalue weighted by atomic mass is 35.5. The van der Waals surface area contributed by atoms with Crippen molar-refractivity contribution in [2.75, 3.05) is 0 Å². The van der Waals surface area contributed by atoms with Gasteiger partial charge in [-0.1, -0.05) is 23.7 Å². The summed E-state index contributed by atoms with van der Waals surface area (Å²) in [5.74, 6) is 0.186. The van der Waals surface area contributed by atoms with Crippen molar-refractivity contribution in [3.63, 3.8) is 0 Å². The van der Waals surface area contributed by atoms with Crippen LogP contribution in [-0.4, -0.2) is 23.6 Å². The molecule has 112 valence electrons. The maximum atomic E-state index is 11.9. The second kappa shape index (κ2) is 6.15. The van der Waals surface area contributed by atoms with Crippen molar-refractivity contribution in [3.8, 4) is 0 Å². The Balaban J connectivity index is 1.73. The second-order valence-corrected chi connectivity index (χ2v) is 5.26. The summed E-state index contributed by atoms with van der Waals surface area (Å²) in [4.78, 5) is 20.5. The van der Waals surface area contributed by atoms with Gasteiger partial charge in [-0.15, -0.1) is 0 Å². The highest BCUT2D eigenvalue weighted by molar-refractivity contribution is 6.30. The van der Waals surface area contributed by atoms with Gasteiger partial charge >= 0.3 is 5.97 Å². The molecule has 1 aromatic heterocycles. The maximum absolute atomic E-state index is 11.9. The Morgan fingerprint density at radius 1 is 1.32 bits per heavy atom. The number of nitrogens with zero attached hydrogens (tertiary/aromatic N) is 2. The Morgan fingerprint density at radius 2 is 2.09 bits per heavy atom. The fourth-order valence-corrected chi connectivity index (χ4v) is 2.14. The van der Waals surface area contributed by atoms with Crippen LogP contribution in [0.2, 0.25) is 5.02 Å². The summed E-state index contributed by atoms with van der Waals surface area (Å²) >= 11 is 5.84. The molecule has 1 unspecified atom stereocenters. The number of ether oxygens (including phenoxy) is 1. The Labute approximate surface area is 132 Å². The van der Waals surface area contributed by atoms with Crippen LogP contribution in [0.5, 0.6) is 0 Å². The quantitative estimate of drug-likeness (QED) is 0.642. The number of halogens is 1. The molecule has 1 aliphatic rings. The SMILES string of the molecule is CC(=NCc1ccc(Cl)cc1)C1N=C(c2ccco2)OC1=O. The Hall–Kier alpha value is -2.40. The van der Waals surface area contributed by atoms with Crippen LogP contribution in [-0.2, 0) is 16.1 Å². The number of carbonyl (C=O) groups is 1. The molecule has 0 fully saturated rings. The van der Waals surface area contributed by atoms with Crippen LogP contribution in [0.3, 0.4) is 0 Å². The Kier molecular flexibility index (Phi) is 4.06. The standard InChI is InChI=1S/C16H13ClN2O3/c1-10(18-9-11-4-6-12(17)7-5-11)14-16(20)22-15(19-14)13-3-2-8-21-13/h2-8,14H,9H2,1H3. The zero-order chi connectivity index (χ0) is 15.5. The number of furan rings is 1. The molecule has 0 saturated heterocycles. The lowest BCUT2D eigenvalue weighted by Crippen LogP contribution is -2.23. The first kappa shape index (κ1) is 14.5. The van der Waals surface area contributed by atoms with E-state index in [0.29, 0.717) is 23.0 Å². The normalized spacial score (nSPS) is 18.3. The van der Waals surface area contributed by atoms with Crippen LogP contribution in [0.25, 0.3) is 0 Å². The molecule has 0 radical (unpaired) electrons. The number of aliphatic imine (C=N–C) groups is 2. The van der Waals surface area contributed by atoms with Gasteiger partial charge < -0.3 is 9.15 Å². The minimum Gasteiger partial charge on any atom is -0.459 e. The summed E-state index contributed by atoms with van der Waals surface area (Å²) in [6.07, 6.45) is 1.50. The fourth-order valence-electron chi connectivity index (χ4n) is 2.02. The number of benzene rings is 1. The minimum atomic E-state index is -0.715. The molecular weight excluding hydrogens is 304 g/mol. The van der Waals surface area contributed by atoms with Crippen molar-refractivity contribution in [3.05, 3.63) is 59.0 Å². The Morgan fingerprint density at radius 3 is 2.77 bits per heavy atom. The van der Waals surface area contributed by atoms with E-state index in [1.807, 2.05) is 12.1 Å². The van der Waals surface area contributed by atoms with Gasteiger partial charge in [-0.25, -0.2) is 9.79 Å². The smallest absolute Gasteiger partial charge is 0.343 e. The van der Waals surface area contributed by atoms with Gasteiger partial charge in [-0.3, -0.25) is 4.99 Å². The van der Waals surface area contributed by atoms with Crippen LogP contribution in [0.1, 0.15) is 18.2 Å². The lowest BCUT2D eigenvalue weighted by molar-refractivity contribution is -0.133. The van der Waals surface area contributed by atoms with Crippen LogP contribution in [0, 0.1) is 0 Å². The van der Waals surface area contributed by atoms with E-state index < -0.39 is 12.0 Å². The predicted octanol–water partition coefficient (Wildman–Crippen LogP) is 3.27. The first-order valence-corrected chi connectivity index (χ1v) is 7.10. The number of esters is 1. The molecule has 0 N–H and O–H groups in total. The summed E-state index contributed by atoms with van der Waals surface area (Å²) in [5, 5.41) is 0.677. The van der Waals surface area contributed by atoms with E-state index in [9.17, 15) is 4.79 Å². The van der Waals surface area contributed by atoms with Gasteiger partial charge in [-0.05, 0) is 36.8 Å². The predicted molar refractivity (Wildman–Crippen MR) is 83.4 cm³/mol. The maximum Gasteiger partial charge on any atom is 0.343 e. The number of hydrogen-bond acceptors (Lipinski definition) is 5. The highest BCUT2D eigenvalue weighted by Gasteiger charge is 2.33. The van der Waals surface area contributed by atoms with Crippen molar-refractivity contribution in [1.29, 1.82) is 0 Å². The topological polar surface area (TPSA) is 64.2 Å². The molecule has 0 saturated carbocycles. The van der Waals surface area contributed by atoms with Crippen LogP contribution in [0.15, 0.2) is 57.1 Å². The molecular formula is C16H13ClN2O3. The number of hydrogen-bond donors (Lipinski definition) is 0. The third-order valence-corrected chi connectivity index (χ3v) is 3.47. The lowest BCUT2D eigenvalue weighted by Gasteiger charge is -2.03. The molecule has 1 atom stereocenters. The highest BCUT2D eigenvalue weighted by Crippen LogP contribution is 2.16. The van der Waals surface area contributed by atoms with Crippen molar-refractivity contribution in [2.24, 2.45) is 9.98 Å². The van der Waals surface area contributed by atoms with Gasteiger partial charge in [0.1, 0.15) is 0 Å². The van der Waals surface area contributed by atoms with E-state index in [2.05, 4.69) is 9.98 Å². The molecule has 0 aliphatic carbocycles. The Bertz CT molecular complexity index is 733. The second-order valence-electron chi connectivity index (χ2n) is 4.82. The monoisotopic (exact) mass is 316 g/mol. The van der Waals surface area contributed by atoms with Gasteiger partial charge in [0.2, 0.25) is 0 Å². The molecule has 0 bridgehead atoms. The summed E-state index contributed by atoms with van der Waals surface area (Å²) in [6.45, 7) is 2.22. The van der Waals surface area contributed by atoms with Gasteiger partial charge in [-0.2, -0.15) is 0 Å². The van der Waals surface area contributed by atoms with E-state index in [-0.39, 0.29) is 5.90 Å². The minimum absolute atomic E-state index is 0.195. The molecule has 1 aliphatic heterocycles. The van der Waals surface area contributed by atoms with E-state index in [4.69, 9.17) is 20.8 Å². The van der Waals surface area contributed by atoms with E-state index in [0.717, 1.165) is 5.56 Å². The number of cyclic esters (lactones) is 1. The zero-order valence-electron chi connectivity index (χ0n) is 11.8. The molecule has 0 amide bonds. The van der Waals surface area contributed by atoms with Gasteiger partial charge in [0.25, 0.3) is 5.90 Å². The van der Waals surface area contributed by atoms with Crippen molar-refractivity contribution in [1.82, 2.24) is 0 Å². The van der Waals surface area contributed by atoms with Crippen LogP contribution < -0.4 is 0 Å². The summed E-state index contributed by atoms with van der Waals surface area (Å²) in [5.41, 5.74) is 1.60. The lowest BCUT2D eigenvalue weighted by atomic mass is 10.2. The van der Waals surface area contributed by atoms with Crippen molar-refractivity contribution in [2.45, 2.75) is 19.5 Å². The number of rotatable bonds is 4. The molecule has 5 nitrogen and oxygen atoms in total. The molecule has 6 heteroatoms. The third kappa shape index (κ3) is 3.09. The first-order valence-electron chi connectivity index (χ1n) is 6.72.